The van der Waals surface area contributed by atoms with Crippen LogP contribution in [0.5, 0.6) is 5.75 Å². The van der Waals surface area contributed by atoms with Crippen molar-refractivity contribution in [3.8, 4) is 16.9 Å². The minimum absolute atomic E-state index is 0.300. The van der Waals surface area contributed by atoms with E-state index in [-0.39, 0.29) is 11.7 Å². The lowest BCUT2D eigenvalue weighted by molar-refractivity contribution is -0.111. The van der Waals surface area contributed by atoms with Gasteiger partial charge in [0.1, 0.15) is 17.1 Å². The van der Waals surface area contributed by atoms with Crippen molar-refractivity contribution in [2.45, 2.75) is 25.1 Å². The second-order valence-corrected chi connectivity index (χ2v) is 9.73. The Labute approximate surface area is 198 Å². The Kier molecular flexibility index (Phi) is 6.80. The van der Waals surface area contributed by atoms with Gasteiger partial charge in [0.05, 0.1) is 13.4 Å². The number of hydrogen-bond donors (Lipinski definition) is 1. The molecule has 0 aliphatic heterocycles. The van der Waals surface area contributed by atoms with Crippen molar-refractivity contribution in [2.75, 3.05) is 18.2 Å². The van der Waals surface area contributed by atoms with Crippen molar-refractivity contribution in [3.05, 3.63) is 59.6 Å². The molecule has 0 aliphatic rings. The Bertz CT molecular complexity index is 1340. The minimum atomic E-state index is -0.303. The number of ether oxygens (including phenoxy) is 1. The largest absolute Gasteiger partial charge is 0.496 e. The third-order valence-corrected chi connectivity index (χ3v) is 6.93. The van der Waals surface area contributed by atoms with E-state index in [0.717, 1.165) is 37.7 Å². The van der Waals surface area contributed by atoms with E-state index in [4.69, 9.17) is 9.15 Å². The maximum atomic E-state index is 13.4. The van der Waals surface area contributed by atoms with Crippen molar-refractivity contribution in [1.29, 1.82) is 0 Å². The molecule has 0 saturated heterocycles. The highest BCUT2D eigenvalue weighted by molar-refractivity contribution is 8.01. The number of methoxy groups -OCH3 is 1. The molecule has 170 valence electrons. The molecular formula is C24H22FN3O3S2. The van der Waals surface area contributed by atoms with Crippen molar-refractivity contribution in [2.24, 2.45) is 0 Å². The smallest absolute Gasteiger partial charge is 0.250 e. The predicted octanol–water partition coefficient (Wildman–Crippen LogP) is 6.56. The summed E-state index contributed by atoms with van der Waals surface area (Å²) >= 11 is 2.91. The number of amides is 1. The summed E-state index contributed by atoms with van der Waals surface area (Å²) in [7, 11) is 1.59. The monoisotopic (exact) mass is 483 g/mol. The van der Waals surface area contributed by atoms with Gasteiger partial charge in [-0.05, 0) is 48.9 Å². The third kappa shape index (κ3) is 4.79. The van der Waals surface area contributed by atoms with E-state index in [1.165, 1.54) is 29.5 Å². The Morgan fingerprint density at radius 1 is 1.30 bits per heavy atom. The molecule has 4 rings (SSSR count). The van der Waals surface area contributed by atoms with E-state index in [9.17, 15) is 9.18 Å². The quantitative estimate of drug-likeness (QED) is 0.182. The van der Waals surface area contributed by atoms with E-state index in [0.29, 0.717) is 22.0 Å². The molecule has 2 aromatic heterocycles. The van der Waals surface area contributed by atoms with Crippen molar-refractivity contribution >= 4 is 50.7 Å². The highest BCUT2D eigenvalue weighted by Gasteiger charge is 2.19. The van der Waals surface area contributed by atoms with Gasteiger partial charge in [-0.3, -0.25) is 10.1 Å². The SMILES string of the molecule is CCSc1nnc(NC(=O)/C=C(\C)c2cc3c(-c4ccc(F)cc4)coc3c(C)c2OC)s1. The average Bonchev–Trinajstić information content (AvgIpc) is 3.41. The van der Waals surface area contributed by atoms with Crippen LogP contribution in [-0.2, 0) is 4.79 Å². The zero-order chi connectivity index (χ0) is 23.5. The van der Waals surface area contributed by atoms with E-state index in [2.05, 4.69) is 15.5 Å². The van der Waals surface area contributed by atoms with Crippen LogP contribution in [0.2, 0.25) is 0 Å². The molecule has 33 heavy (non-hydrogen) atoms. The molecule has 0 saturated carbocycles. The number of carbonyl (C=O) groups excluding carboxylic acids is 1. The number of halogens is 1. The zero-order valence-corrected chi connectivity index (χ0v) is 20.2. The topological polar surface area (TPSA) is 77.3 Å². The Morgan fingerprint density at radius 3 is 2.76 bits per heavy atom. The summed E-state index contributed by atoms with van der Waals surface area (Å²) in [6.45, 7) is 5.78. The highest BCUT2D eigenvalue weighted by Crippen LogP contribution is 2.40. The van der Waals surface area contributed by atoms with E-state index >= 15 is 0 Å². The van der Waals surface area contributed by atoms with E-state index in [1.54, 1.807) is 37.3 Å². The first kappa shape index (κ1) is 23.0. The van der Waals surface area contributed by atoms with Crippen LogP contribution in [0.3, 0.4) is 0 Å². The average molecular weight is 484 g/mol. The molecule has 4 aromatic rings. The van der Waals surface area contributed by atoms with Gasteiger partial charge in [-0.15, -0.1) is 10.2 Å². The molecular weight excluding hydrogens is 461 g/mol. The first-order valence-electron chi connectivity index (χ1n) is 10.2. The number of allylic oxidation sites excluding steroid dienone is 1. The number of nitrogens with zero attached hydrogens (tertiary/aromatic N) is 2. The second-order valence-electron chi connectivity index (χ2n) is 7.24. The number of hydrogen-bond acceptors (Lipinski definition) is 7. The number of aryl methyl sites for hydroxylation is 1. The molecule has 6 nitrogen and oxygen atoms in total. The fourth-order valence-electron chi connectivity index (χ4n) is 3.58. The van der Waals surface area contributed by atoms with Crippen molar-refractivity contribution in [3.63, 3.8) is 0 Å². The molecule has 0 radical (unpaired) electrons. The summed E-state index contributed by atoms with van der Waals surface area (Å²) in [6, 6.07) is 8.19. The normalized spacial score (nSPS) is 11.7. The van der Waals surface area contributed by atoms with E-state index < -0.39 is 0 Å². The number of aromatic nitrogens is 2. The molecule has 0 aliphatic carbocycles. The summed E-state index contributed by atoms with van der Waals surface area (Å²) in [6.07, 6.45) is 3.16. The molecule has 0 bridgehead atoms. The number of thioether (sulfide) groups is 1. The van der Waals surface area contributed by atoms with Crippen LogP contribution in [0.4, 0.5) is 9.52 Å². The van der Waals surface area contributed by atoms with Crippen LogP contribution in [0.25, 0.3) is 27.7 Å². The van der Waals surface area contributed by atoms with Crippen molar-refractivity contribution < 1.29 is 18.3 Å². The van der Waals surface area contributed by atoms with Crippen LogP contribution in [0.15, 0.2) is 51.4 Å². The Balaban J connectivity index is 1.71. The van der Waals surface area contributed by atoms with Gasteiger partial charge in [-0.25, -0.2) is 4.39 Å². The van der Waals surface area contributed by atoms with Crippen LogP contribution in [0, 0.1) is 12.7 Å². The van der Waals surface area contributed by atoms with Crippen LogP contribution >= 0.6 is 23.1 Å². The van der Waals surface area contributed by atoms with Gasteiger partial charge in [0.25, 0.3) is 0 Å². The number of carbonyl (C=O) groups is 1. The minimum Gasteiger partial charge on any atom is -0.496 e. The lowest BCUT2D eigenvalue weighted by Gasteiger charge is -2.13. The maximum absolute atomic E-state index is 13.4. The van der Waals surface area contributed by atoms with Gasteiger partial charge in [0, 0.05) is 28.2 Å². The molecule has 2 heterocycles. The van der Waals surface area contributed by atoms with Gasteiger partial charge in [0.15, 0.2) is 4.34 Å². The van der Waals surface area contributed by atoms with Gasteiger partial charge in [-0.1, -0.05) is 42.2 Å². The lowest BCUT2D eigenvalue weighted by Crippen LogP contribution is -2.08. The molecule has 1 N–H and O–H groups in total. The lowest BCUT2D eigenvalue weighted by atomic mass is 9.96. The molecule has 9 heteroatoms. The summed E-state index contributed by atoms with van der Waals surface area (Å²) < 4.78 is 25.7. The standard InChI is InChI=1S/C24H22FN3O3S2/c1-5-32-24-28-27-23(33-24)26-20(29)10-13(2)17-11-18-19(15-6-8-16(25)9-7-15)12-31-22(18)14(3)21(17)30-4/h6-12H,5H2,1-4H3,(H,26,27,29)/b13-10+. The number of anilines is 1. The molecule has 1 amide bonds. The van der Waals surface area contributed by atoms with Gasteiger partial charge in [-0.2, -0.15) is 0 Å². The predicted molar refractivity (Wildman–Crippen MR) is 131 cm³/mol. The molecule has 0 atom stereocenters. The number of benzene rings is 2. The fourth-order valence-corrected chi connectivity index (χ4v) is 5.23. The van der Waals surface area contributed by atoms with Crippen LogP contribution in [-0.4, -0.2) is 29.0 Å². The van der Waals surface area contributed by atoms with Gasteiger partial charge in [0.2, 0.25) is 11.0 Å². The van der Waals surface area contributed by atoms with Gasteiger partial charge >= 0.3 is 0 Å². The van der Waals surface area contributed by atoms with Gasteiger partial charge < -0.3 is 9.15 Å². The number of rotatable bonds is 7. The highest BCUT2D eigenvalue weighted by atomic mass is 32.2. The van der Waals surface area contributed by atoms with Crippen molar-refractivity contribution in [1.82, 2.24) is 10.2 Å². The molecule has 0 spiro atoms. The Morgan fingerprint density at radius 2 is 2.06 bits per heavy atom. The summed E-state index contributed by atoms with van der Waals surface area (Å²) in [5, 5.41) is 12.1. The zero-order valence-electron chi connectivity index (χ0n) is 18.6. The van der Waals surface area contributed by atoms with E-state index in [1.807, 2.05) is 26.8 Å². The number of furan rings is 1. The molecule has 2 aromatic carbocycles. The third-order valence-electron chi connectivity index (χ3n) is 5.08. The summed E-state index contributed by atoms with van der Waals surface area (Å²) in [5.41, 5.74) is 4.65. The summed E-state index contributed by atoms with van der Waals surface area (Å²) in [4.78, 5) is 12.6. The maximum Gasteiger partial charge on any atom is 0.250 e. The first-order chi connectivity index (χ1) is 15.9. The summed E-state index contributed by atoms with van der Waals surface area (Å²) in [5.74, 6) is 0.909. The second kappa shape index (κ2) is 9.76. The van der Waals surface area contributed by atoms with Crippen LogP contribution in [0.1, 0.15) is 25.0 Å². The molecule has 0 unspecified atom stereocenters. The molecule has 0 fully saturated rings. The number of nitrogens with one attached hydrogen (secondary N) is 1. The number of fused-ring (bicyclic) bond motifs is 1. The Hall–Kier alpha value is -3.17. The first-order valence-corrected chi connectivity index (χ1v) is 12.0. The van der Waals surface area contributed by atoms with Crippen LogP contribution < -0.4 is 10.1 Å². The fraction of sp³-hybridized carbons (Fsp3) is 0.208.